The summed E-state index contributed by atoms with van der Waals surface area (Å²) in [5, 5.41) is 12.4. The van der Waals surface area contributed by atoms with Gasteiger partial charge in [0.1, 0.15) is 19.4 Å². The van der Waals surface area contributed by atoms with Crippen molar-refractivity contribution >= 4 is 30.4 Å². The minimum atomic E-state index is -0.872. The summed E-state index contributed by atoms with van der Waals surface area (Å²) in [5.74, 6) is -1.13. The topological polar surface area (TPSA) is 108 Å². The van der Waals surface area contributed by atoms with E-state index in [-0.39, 0.29) is 55.7 Å². The molecule has 0 bridgehead atoms. The number of carboxylic acids is 1. The van der Waals surface area contributed by atoms with Crippen molar-refractivity contribution in [3.63, 3.8) is 0 Å². The minimum Gasteiger partial charge on any atom is -0.481 e. The van der Waals surface area contributed by atoms with Crippen LogP contribution in [0.1, 0.15) is 56.0 Å². The second kappa shape index (κ2) is 13.8. The Hall–Kier alpha value is -3.14. The summed E-state index contributed by atoms with van der Waals surface area (Å²) < 4.78 is 11.3. The summed E-state index contributed by atoms with van der Waals surface area (Å²) in [6, 6.07) is 17.5. The maximum atomic E-state index is 13.0. The van der Waals surface area contributed by atoms with Gasteiger partial charge in [-0.3, -0.25) is 14.5 Å². The van der Waals surface area contributed by atoms with Crippen LogP contribution in [0.4, 0.5) is 4.79 Å². The summed E-state index contributed by atoms with van der Waals surface area (Å²) in [5.41, 5.74) is 2.73. The molecule has 212 valence electrons. The van der Waals surface area contributed by atoms with E-state index in [4.69, 9.17) is 9.47 Å². The molecule has 1 unspecified atom stereocenters. The Labute approximate surface area is 235 Å². The molecule has 9 nitrogen and oxygen atoms in total. The van der Waals surface area contributed by atoms with E-state index in [1.807, 2.05) is 48.5 Å². The van der Waals surface area contributed by atoms with E-state index >= 15 is 0 Å². The Morgan fingerprint density at radius 1 is 1.03 bits per heavy atom. The number of rotatable bonds is 9. The number of nitrogens with one attached hydrogen (secondary N) is 1. The average Bonchev–Trinajstić information content (AvgIpc) is 2.90. The Morgan fingerprint density at radius 3 is 2.38 bits per heavy atom. The molecule has 0 saturated carbocycles. The third-order valence-electron chi connectivity index (χ3n) is 7.28. The summed E-state index contributed by atoms with van der Waals surface area (Å²) in [6.07, 6.45) is 1.09. The maximum absolute atomic E-state index is 13.0. The highest BCUT2D eigenvalue weighted by Crippen LogP contribution is 2.37. The van der Waals surface area contributed by atoms with E-state index in [1.54, 1.807) is 4.90 Å². The zero-order chi connectivity index (χ0) is 27.1. The Balaban J connectivity index is 0.00000420. The van der Waals surface area contributed by atoms with E-state index in [0.29, 0.717) is 32.5 Å². The van der Waals surface area contributed by atoms with Gasteiger partial charge in [0.15, 0.2) is 0 Å². The monoisotopic (exact) mass is 559 g/mol. The van der Waals surface area contributed by atoms with Crippen LogP contribution in [0.25, 0.3) is 0 Å². The van der Waals surface area contributed by atoms with Gasteiger partial charge in [-0.2, -0.15) is 0 Å². The van der Waals surface area contributed by atoms with Gasteiger partial charge in [-0.1, -0.05) is 54.6 Å². The molecule has 2 amide bonds. The number of carbonyl (C=O) groups is 3. The molecular formula is C29H38ClN3O6. The van der Waals surface area contributed by atoms with E-state index in [9.17, 15) is 19.5 Å². The average molecular weight is 560 g/mol. The van der Waals surface area contributed by atoms with E-state index < -0.39 is 12.1 Å². The van der Waals surface area contributed by atoms with E-state index in [2.05, 4.69) is 30.1 Å². The standard InChI is InChI=1S/C29H37N3O6.ClH/c1-29(2)18-22-10-6-7-11-24(22)27(32(29)17-14-26(34)35)30-25(33)20-37-23-12-15-31(16-13-23)28(36)38-19-21-8-4-3-5-9-21;/h3-11,23,27H,12-20H2,1-2H3,(H,30,33)(H,34,35);1H. The fourth-order valence-electron chi connectivity index (χ4n) is 5.25. The molecule has 4 rings (SSSR count). The lowest BCUT2D eigenvalue weighted by atomic mass is 9.83. The fraction of sp³-hybridized carbons (Fsp3) is 0.483. The Bertz CT molecular complexity index is 1120. The van der Waals surface area contributed by atoms with Gasteiger partial charge in [-0.15, -0.1) is 12.4 Å². The van der Waals surface area contributed by atoms with Crippen LogP contribution in [0.2, 0.25) is 0 Å². The van der Waals surface area contributed by atoms with Crippen LogP contribution in [0, 0.1) is 0 Å². The Morgan fingerprint density at radius 2 is 1.69 bits per heavy atom. The number of ether oxygens (including phenoxy) is 2. The quantitative estimate of drug-likeness (QED) is 0.475. The molecule has 2 aliphatic rings. The molecule has 1 atom stereocenters. The second-order valence-corrected chi connectivity index (χ2v) is 10.5. The number of hydrogen-bond donors (Lipinski definition) is 2. The van der Waals surface area contributed by atoms with Crippen molar-refractivity contribution < 1.29 is 29.0 Å². The van der Waals surface area contributed by atoms with Gasteiger partial charge in [0.05, 0.1) is 12.5 Å². The number of likely N-dealkylation sites (tertiary alicyclic amines) is 1. The minimum absolute atomic E-state index is 0. The van der Waals surface area contributed by atoms with Crippen LogP contribution in [0.15, 0.2) is 54.6 Å². The maximum Gasteiger partial charge on any atom is 0.410 e. The van der Waals surface area contributed by atoms with Crippen LogP contribution in [-0.4, -0.2) is 70.8 Å². The number of aliphatic carboxylic acids is 1. The fourth-order valence-corrected chi connectivity index (χ4v) is 5.25. The summed E-state index contributed by atoms with van der Waals surface area (Å²) in [7, 11) is 0. The first-order valence-electron chi connectivity index (χ1n) is 13.2. The number of hydrogen-bond acceptors (Lipinski definition) is 6. The lowest BCUT2D eigenvalue weighted by Gasteiger charge is -2.48. The van der Waals surface area contributed by atoms with E-state index in [0.717, 1.165) is 23.1 Å². The van der Waals surface area contributed by atoms with Crippen LogP contribution in [-0.2, 0) is 32.1 Å². The normalized spacial score (nSPS) is 18.9. The number of nitrogens with zero attached hydrogens (tertiary/aromatic N) is 2. The number of carbonyl (C=O) groups excluding carboxylic acids is 2. The van der Waals surface area contributed by atoms with E-state index in [1.165, 1.54) is 0 Å². The van der Waals surface area contributed by atoms with Gasteiger partial charge in [0.25, 0.3) is 0 Å². The molecule has 0 radical (unpaired) electrons. The molecule has 0 spiro atoms. The summed E-state index contributed by atoms with van der Waals surface area (Å²) >= 11 is 0. The third kappa shape index (κ3) is 8.17. The van der Waals surface area contributed by atoms with Crippen LogP contribution in [0.3, 0.4) is 0 Å². The highest BCUT2D eigenvalue weighted by atomic mass is 35.5. The molecule has 2 N–H and O–H groups in total. The van der Waals surface area contributed by atoms with Gasteiger partial charge >= 0.3 is 12.1 Å². The van der Waals surface area contributed by atoms with Crippen molar-refractivity contribution in [1.82, 2.24) is 15.1 Å². The number of fused-ring (bicyclic) bond motifs is 1. The molecule has 2 aromatic carbocycles. The summed E-state index contributed by atoms with van der Waals surface area (Å²) in [6.45, 7) is 5.61. The first-order chi connectivity index (χ1) is 18.2. The van der Waals surface area contributed by atoms with Gasteiger partial charge in [-0.05, 0) is 49.8 Å². The summed E-state index contributed by atoms with van der Waals surface area (Å²) in [4.78, 5) is 40.4. The van der Waals surface area contributed by atoms with Crippen molar-refractivity contribution in [1.29, 1.82) is 0 Å². The van der Waals surface area contributed by atoms with Crippen molar-refractivity contribution in [3.8, 4) is 0 Å². The number of benzene rings is 2. The van der Waals surface area contributed by atoms with Crippen molar-refractivity contribution in [2.75, 3.05) is 26.2 Å². The van der Waals surface area contributed by atoms with Crippen molar-refractivity contribution in [2.45, 2.75) is 63.9 Å². The zero-order valence-electron chi connectivity index (χ0n) is 22.5. The number of amides is 2. The lowest BCUT2D eigenvalue weighted by Crippen LogP contribution is -2.56. The van der Waals surface area contributed by atoms with Gasteiger partial charge in [-0.25, -0.2) is 4.79 Å². The van der Waals surface area contributed by atoms with Crippen molar-refractivity contribution in [2.24, 2.45) is 0 Å². The highest BCUT2D eigenvalue weighted by Gasteiger charge is 2.40. The molecule has 2 aromatic rings. The molecule has 39 heavy (non-hydrogen) atoms. The van der Waals surface area contributed by atoms with Gasteiger partial charge in [0.2, 0.25) is 5.91 Å². The molecule has 0 aromatic heterocycles. The predicted molar refractivity (Wildman–Crippen MR) is 148 cm³/mol. The third-order valence-corrected chi connectivity index (χ3v) is 7.28. The highest BCUT2D eigenvalue weighted by molar-refractivity contribution is 5.85. The van der Waals surface area contributed by atoms with Crippen LogP contribution < -0.4 is 5.32 Å². The zero-order valence-corrected chi connectivity index (χ0v) is 23.3. The predicted octanol–water partition coefficient (Wildman–Crippen LogP) is 4.15. The largest absolute Gasteiger partial charge is 0.481 e. The molecule has 1 fully saturated rings. The molecule has 10 heteroatoms. The first-order valence-corrected chi connectivity index (χ1v) is 13.2. The van der Waals surface area contributed by atoms with Crippen LogP contribution >= 0.6 is 12.4 Å². The molecule has 2 aliphatic heterocycles. The molecular weight excluding hydrogens is 522 g/mol. The number of carboxylic acid groups (broad SMARTS) is 1. The SMILES string of the molecule is CC1(C)Cc2ccccc2C(NC(=O)COC2CCN(C(=O)OCc3ccccc3)CC2)N1CCC(=O)O.Cl. The van der Waals surface area contributed by atoms with Gasteiger partial charge in [0, 0.05) is 25.2 Å². The first kappa shape index (κ1) is 30.4. The van der Waals surface area contributed by atoms with Gasteiger partial charge < -0.3 is 24.8 Å². The van der Waals surface area contributed by atoms with Crippen LogP contribution in [0.5, 0.6) is 0 Å². The smallest absolute Gasteiger partial charge is 0.410 e. The molecule has 0 aliphatic carbocycles. The van der Waals surface area contributed by atoms with Crippen molar-refractivity contribution in [3.05, 3.63) is 71.3 Å². The number of piperidine rings is 1. The molecule has 1 saturated heterocycles. The molecule has 2 heterocycles. The lowest BCUT2D eigenvalue weighted by molar-refractivity contribution is -0.138. The Kier molecular flexibility index (Phi) is 10.7. The second-order valence-electron chi connectivity index (χ2n) is 10.5. The number of halogens is 1.